The lowest BCUT2D eigenvalue weighted by Gasteiger charge is -2.19. The van der Waals surface area contributed by atoms with Gasteiger partial charge in [-0.15, -0.1) is 0 Å². The van der Waals surface area contributed by atoms with Gasteiger partial charge in [0.15, 0.2) is 0 Å². The Morgan fingerprint density at radius 1 is 1.33 bits per heavy atom. The van der Waals surface area contributed by atoms with Gasteiger partial charge < -0.3 is 15.0 Å². The smallest absolute Gasteiger partial charge is 0.123 e. The number of hydrogen-bond donors (Lipinski definition) is 1. The van der Waals surface area contributed by atoms with Crippen molar-refractivity contribution in [2.75, 3.05) is 34.3 Å². The average Bonchev–Trinajstić information content (AvgIpc) is 2.36. The molecule has 0 atom stereocenters. The Kier molecular flexibility index (Phi) is 6.16. The molecule has 1 aromatic rings. The summed E-state index contributed by atoms with van der Waals surface area (Å²) in [6.07, 6.45) is 0. The van der Waals surface area contributed by atoms with Crippen molar-refractivity contribution in [3.63, 3.8) is 0 Å². The number of hydrogen-bond acceptors (Lipinski definition) is 3. The highest BCUT2D eigenvalue weighted by Gasteiger charge is 2.09. The van der Waals surface area contributed by atoms with E-state index in [2.05, 4.69) is 49.3 Å². The molecule has 0 aromatic heterocycles. The SMILES string of the molecule is CNCCN(C)Cc1cc(C(C)C)ccc1OC. The van der Waals surface area contributed by atoms with Gasteiger partial charge in [-0.2, -0.15) is 0 Å². The maximum absolute atomic E-state index is 5.44. The topological polar surface area (TPSA) is 24.5 Å². The van der Waals surface area contributed by atoms with E-state index in [0.29, 0.717) is 5.92 Å². The van der Waals surface area contributed by atoms with E-state index >= 15 is 0 Å². The predicted octanol–water partition coefficient (Wildman–Crippen LogP) is 2.47. The van der Waals surface area contributed by atoms with Crippen LogP contribution < -0.4 is 10.1 Å². The van der Waals surface area contributed by atoms with Gasteiger partial charge in [0.25, 0.3) is 0 Å². The van der Waals surface area contributed by atoms with E-state index in [0.717, 1.165) is 25.4 Å². The van der Waals surface area contributed by atoms with E-state index in [9.17, 15) is 0 Å². The first kappa shape index (κ1) is 15.0. The van der Waals surface area contributed by atoms with Crippen molar-refractivity contribution < 1.29 is 4.74 Å². The highest BCUT2D eigenvalue weighted by molar-refractivity contribution is 5.38. The first-order chi connectivity index (χ1) is 8.58. The monoisotopic (exact) mass is 250 g/mol. The molecule has 0 fully saturated rings. The Hall–Kier alpha value is -1.06. The maximum Gasteiger partial charge on any atom is 0.123 e. The average molecular weight is 250 g/mol. The standard InChI is InChI=1S/C15H26N2O/c1-12(2)13-6-7-15(18-5)14(10-13)11-17(4)9-8-16-3/h6-7,10,12,16H,8-9,11H2,1-5H3. The molecule has 0 heterocycles. The maximum atomic E-state index is 5.44. The zero-order chi connectivity index (χ0) is 13.5. The Labute approximate surface area is 111 Å². The van der Waals surface area contributed by atoms with E-state index in [1.807, 2.05) is 7.05 Å². The number of ether oxygens (including phenoxy) is 1. The quantitative estimate of drug-likeness (QED) is 0.804. The van der Waals surface area contributed by atoms with Gasteiger partial charge in [0.05, 0.1) is 7.11 Å². The second-order valence-electron chi connectivity index (χ2n) is 5.07. The Bertz CT molecular complexity index is 364. The predicted molar refractivity (Wildman–Crippen MR) is 77.3 cm³/mol. The zero-order valence-corrected chi connectivity index (χ0v) is 12.3. The summed E-state index contributed by atoms with van der Waals surface area (Å²) in [6.45, 7) is 7.40. The van der Waals surface area contributed by atoms with E-state index in [4.69, 9.17) is 4.74 Å². The van der Waals surface area contributed by atoms with Crippen molar-refractivity contribution in [3.05, 3.63) is 29.3 Å². The highest BCUT2D eigenvalue weighted by atomic mass is 16.5. The van der Waals surface area contributed by atoms with Crippen molar-refractivity contribution in [1.82, 2.24) is 10.2 Å². The van der Waals surface area contributed by atoms with Crippen LogP contribution in [0.4, 0.5) is 0 Å². The molecule has 1 rings (SSSR count). The third kappa shape index (κ3) is 4.31. The second kappa shape index (κ2) is 7.39. The number of benzene rings is 1. The van der Waals surface area contributed by atoms with Crippen LogP contribution in [0.5, 0.6) is 5.75 Å². The Morgan fingerprint density at radius 3 is 2.61 bits per heavy atom. The van der Waals surface area contributed by atoms with E-state index in [1.165, 1.54) is 11.1 Å². The van der Waals surface area contributed by atoms with E-state index in [-0.39, 0.29) is 0 Å². The van der Waals surface area contributed by atoms with Gasteiger partial charge in [-0.25, -0.2) is 0 Å². The fourth-order valence-electron chi connectivity index (χ4n) is 1.95. The third-order valence-corrected chi connectivity index (χ3v) is 3.15. The van der Waals surface area contributed by atoms with Crippen LogP contribution in [0.3, 0.4) is 0 Å². The molecule has 0 amide bonds. The number of methoxy groups -OCH3 is 1. The second-order valence-corrected chi connectivity index (χ2v) is 5.07. The number of rotatable bonds is 7. The molecule has 0 radical (unpaired) electrons. The minimum Gasteiger partial charge on any atom is -0.496 e. The molecule has 0 aliphatic carbocycles. The van der Waals surface area contributed by atoms with Gasteiger partial charge in [0.2, 0.25) is 0 Å². The molecule has 0 bridgehead atoms. The summed E-state index contributed by atoms with van der Waals surface area (Å²) >= 11 is 0. The summed E-state index contributed by atoms with van der Waals surface area (Å²) in [5, 5.41) is 3.17. The molecule has 1 N–H and O–H groups in total. The molecule has 0 spiro atoms. The van der Waals surface area contributed by atoms with Crippen LogP contribution in [-0.2, 0) is 6.54 Å². The van der Waals surface area contributed by atoms with Crippen LogP contribution in [0.15, 0.2) is 18.2 Å². The largest absolute Gasteiger partial charge is 0.496 e. The summed E-state index contributed by atoms with van der Waals surface area (Å²) in [4.78, 5) is 2.30. The highest BCUT2D eigenvalue weighted by Crippen LogP contribution is 2.25. The number of nitrogens with one attached hydrogen (secondary N) is 1. The molecule has 102 valence electrons. The van der Waals surface area contributed by atoms with Crippen molar-refractivity contribution in [1.29, 1.82) is 0 Å². The van der Waals surface area contributed by atoms with Gasteiger partial charge >= 0.3 is 0 Å². The van der Waals surface area contributed by atoms with Gasteiger partial charge in [0, 0.05) is 25.2 Å². The lowest BCUT2D eigenvalue weighted by atomic mass is 10.00. The van der Waals surface area contributed by atoms with Crippen molar-refractivity contribution in [3.8, 4) is 5.75 Å². The van der Waals surface area contributed by atoms with Crippen LogP contribution in [0.2, 0.25) is 0 Å². The van der Waals surface area contributed by atoms with Crippen LogP contribution >= 0.6 is 0 Å². The molecule has 0 aliphatic heterocycles. The molecule has 0 saturated heterocycles. The van der Waals surface area contributed by atoms with Gasteiger partial charge in [0.1, 0.15) is 5.75 Å². The van der Waals surface area contributed by atoms with E-state index in [1.54, 1.807) is 7.11 Å². The van der Waals surface area contributed by atoms with Gasteiger partial charge in [-0.1, -0.05) is 26.0 Å². The van der Waals surface area contributed by atoms with E-state index < -0.39 is 0 Å². The van der Waals surface area contributed by atoms with Crippen LogP contribution in [-0.4, -0.2) is 39.2 Å². The third-order valence-electron chi connectivity index (χ3n) is 3.15. The lowest BCUT2D eigenvalue weighted by Crippen LogP contribution is -2.27. The molecule has 0 saturated carbocycles. The molecular weight excluding hydrogens is 224 g/mol. The first-order valence-corrected chi connectivity index (χ1v) is 6.58. The van der Waals surface area contributed by atoms with Gasteiger partial charge in [-0.05, 0) is 31.6 Å². The summed E-state index contributed by atoms with van der Waals surface area (Å²) < 4.78 is 5.44. The molecule has 0 aliphatic rings. The van der Waals surface area contributed by atoms with Crippen molar-refractivity contribution >= 4 is 0 Å². The summed E-state index contributed by atoms with van der Waals surface area (Å²) in [7, 11) is 5.86. The minimum atomic E-state index is 0.553. The Balaban J connectivity index is 2.80. The van der Waals surface area contributed by atoms with Crippen LogP contribution in [0.1, 0.15) is 30.9 Å². The normalized spacial score (nSPS) is 11.3. The van der Waals surface area contributed by atoms with Crippen molar-refractivity contribution in [2.24, 2.45) is 0 Å². The van der Waals surface area contributed by atoms with Gasteiger partial charge in [-0.3, -0.25) is 0 Å². The van der Waals surface area contributed by atoms with Crippen LogP contribution in [0, 0.1) is 0 Å². The van der Waals surface area contributed by atoms with Crippen molar-refractivity contribution in [2.45, 2.75) is 26.3 Å². The molecule has 0 unspecified atom stereocenters. The summed E-state index contributed by atoms with van der Waals surface area (Å²) in [5.41, 5.74) is 2.63. The number of likely N-dealkylation sites (N-methyl/N-ethyl adjacent to an activating group) is 2. The first-order valence-electron chi connectivity index (χ1n) is 6.58. The summed E-state index contributed by atoms with van der Waals surface area (Å²) in [5.74, 6) is 1.54. The lowest BCUT2D eigenvalue weighted by molar-refractivity contribution is 0.318. The molecule has 1 aromatic carbocycles. The molecular formula is C15H26N2O. The fourth-order valence-corrected chi connectivity index (χ4v) is 1.95. The molecule has 3 nitrogen and oxygen atoms in total. The fraction of sp³-hybridized carbons (Fsp3) is 0.600. The number of nitrogens with zero attached hydrogens (tertiary/aromatic N) is 1. The minimum absolute atomic E-state index is 0.553. The Morgan fingerprint density at radius 2 is 2.06 bits per heavy atom. The summed E-state index contributed by atoms with van der Waals surface area (Å²) in [6, 6.07) is 6.50. The zero-order valence-electron chi connectivity index (χ0n) is 12.3. The van der Waals surface area contributed by atoms with Crippen LogP contribution in [0.25, 0.3) is 0 Å². The molecule has 3 heteroatoms. The molecule has 18 heavy (non-hydrogen) atoms.